The van der Waals surface area contributed by atoms with E-state index in [1.807, 2.05) is 13.8 Å². The van der Waals surface area contributed by atoms with E-state index in [9.17, 15) is 0 Å². The standard InChI is InChI=1S/C11H17N5/c1-7(2)16-10(13)9(6-12)11(15-16)14-8-4-3-5-8/h7-8H,3-5,13H2,1-2H3,(H,14,15). The fraction of sp³-hybridized carbons (Fsp3) is 0.636. The summed E-state index contributed by atoms with van der Waals surface area (Å²) in [6.45, 7) is 4.00. The third-order valence-corrected chi connectivity index (χ3v) is 2.99. The molecule has 0 unspecified atom stereocenters. The lowest BCUT2D eigenvalue weighted by molar-refractivity contribution is 0.442. The summed E-state index contributed by atoms with van der Waals surface area (Å²) >= 11 is 0. The van der Waals surface area contributed by atoms with Crippen molar-refractivity contribution in [3.05, 3.63) is 5.56 Å². The van der Waals surface area contributed by atoms with Crippen LogP contribution in [0.1, 0.15) is 44.7 Å². The highest BCUT2D eigenvalue weighted by Crippen LogP contribution is 2.28. The van der Waals surface area contributed by atoms with Gasteiger partial charge in [-0.2, -0.15) is 10.4 Å². The highest BCUT2D eigenvalue weighted by molar-refractivity contribution is 5.64. The summed E-state index contributed by atoms with van der Waals surface area (Å²) in [6, 6.07) is 2.75. The van der Waals surface area contributed by atoms with Crippen molar-refractivity contribution in [2.75, 3.05) is 11.1 Å². The second-order valence-electron chi connectivity index (χ2n) is 4.53. The minimum absolute atomic E-state index is 0.170. The van der Waals surface area contributed by atoms with Crippen molar-refractivity contribution >= 4 is 11.6 Å². The van der Waals surface area contributed by atoms with E-state index in [0.29, 0.717) is 23.2 Å². The van der Waals surface area contributed by atoms with Crippen molar-refractivity contribution in [3.8, 4) is 6.07 Å². The van der Waals surface area contributed by atoms with Crippen molar-refractivity contribution in [2.24, 2.45) is 0 Å². The van der Waals surface area contributed by atoms with Crippen LogP contribution in [0.25, 0.3) is 0 Å². The number of nitrogens with one attached hydrogen (secondary N) is 1. The highest BCUT2D eigenvalue weighted by Gasteiger charge is 2.22. The molecule has 0 aromatic carbocycles. The maximum Gasteiger partial charge on any atom is 0.168 e. The molecule has 1 aliphatic carbocycles. The van der Waals surface area contributed by atoms with Crippen molar-refractivity contribution < 1.29 is 0 Å². The molecule has 3 N–H and O–H groups in total. The summed E-state index contributed by atoms with van der Waals surface area (Å²) in [7, 11) is 0. The summed E-state index contributed by atoms with van der Waals surface area (Å²) in [5, 5.41) is 16.7. The van der Waals surface area contributed by atoms with Gasteiger partial charge in [0.1, 0.15) is 17.5 Å². The van der Waals surface area contributed by atoms with Crippen LogP contribution < -0.4 is 11.1 Å². The second kappa shape index (κ2) is 4.05. The van der Waals surface area contributed by atoms with Gasteiger partial charge in [0.15, 0.2) is 5.82 Å². The van der Waals surface area contributed by atoms with Gasteiger partial charge in [0.05, 0.1) is 0 Å². The van der Waals surface area contributed by atoms with Crippen LogP contribution >= 0.6 is 0 Å². The van der Waals surface area contributed by atoms with Crippen molar-refractivity contribution in [2.45, 2.75) is 45.2 Å². The Balaban J connectivity index is 2.29. The summed E-state index contributed by atoms with van der Waals surface area (Å²) in [5.41, 5.74) is 6.36. The van der Waals surface area contributed by atoms with Crippen LogP contribution in [-0.4, -0.2) is 15.8 Å². The molecular weight excluding hydrogens is 202 g/mol. The maximum atomic E-state index is 9.07. The first-order valence-corrected chi connectivity index (χ1v) is 5.68. The Morgan fingerprint density at radius 3 is 2.69 bits per heavy atom. The van der Waals surface area contributed by atoms with Gasteiger partial charge in [-0.05, 0) is 33.1 Å². The molecule has 5 nitrogen and oxygen atoms in total. The molecule has 5 heteroatoms. The molecule has 0 radical (unpaired) electrons. The number of rotatable bonds is 3. The molecule has 0 amide bonds. The van der Waals surface area contributed by atoms with Crippen molar-refractivity contribution in [1.29, 1.82) is 5.26 Å². The third kappa shape index (κ3) is 1.71. The Morgan fingerprint density at radius 2 is 2.25 bits per heavy atom. The molecule has 2 rings (SSSR count). The van der Waals surface area contributed by atoms with Crippen LogP contribution in [0.2, 0.25) is 0 Å². The minimum Gasteiger partial charge on any atom is -0.383 e. The number of aromatic nitrogens is 2. The second-order valence-corrected chi connectivity index (χ2v) is 4.53. The summed E-state index contributed by atoms with van der Waals surface area (Å²) in [5.74, 6) is 1.10. The lowest BCUT2D eigenvalue weighted by Gasteiger charge is -2.26. The van der Waals surface area contributed by atoms with Gasteiger partial charge >= 0.3 is 0 Å². The molecule has 86 valence electrons. The summed E-state index contributed by atoms with van der Waals surface area (Å²) in [4.78, 5) is 0. The Labute approximate surface area is 95.2 Å². The number of nitrogen functional groups attached to an aromatic ring is 1. The van der Waals surface area contributed by atoms with Gasteiger partial charge in [-0.1, -0.05) is 0 Å². The smallest absolute Gasteiger partial charge is 0.168 e. The lowest BCUT2D eigenvalue weighted by Crippen LogP contribution is -2.27. The van der Waals surface area contributed by atoms with Gasteiger partial charge in [0.25, 0.3) is 0 Å². The fourth-order valence-corrected chi connectivity index (χ4v) is 1.80. The van der Waals surface area contributed by atoms with E-state index in [1.165, 1.54) is 6.42 Å². The number of nitrogens with two attached hydrogens (primary N) is 1. The summed E-state index contributed by atoms with van der Waals surface area (Å²) < 4.78 is 1.69. The molecule has 0 atom stereocenters. The average Bonchev–Trinajstić information content (AvgIpc) is 2.48. The zero-order valence-electron chi connectivity index (χ0n) is 9.70. The Kier molecular flexibility index (Phi) is 2.73. The van der Waals surface area contributed by atoms with Gasteiger partial charge in [-0.25, -0.2) is 4.68 Å². The van der Waals surface area contributed by atoms with E-state index in [0.717, 1.165) is 12.8 Å². The molecule has 0 saturated heterocycles. The SMILES string of the molecule is CC(C)n1nc(NC2CCC2)c(C#N)c1N. The average molecular weight is 219 g/mol. The molecule has 1 aromatic rings. The quantitative estimate of drug-likeness (QED) is 0.813. The first kappa shape index (κ1) is 10.8. The number of hydrogen-bond acceptors (Lipinski definition) is 4. The Morgan fingerprint density at radius 1 is 1.56 bits per heavy atom. The highest BCUT2D eigenvalue weighted by atomic mass is 15.4. The van der Waals surface area contributed by atoms with Crippen LogP contribution in [-0.2, 0) is 0 Å². The van der Waals surface area contributed by atoms with Gasteiger partial charge in [0, 0.05) is 12.1 Å². The molecule has 1 heterocycles. The molecular formula is C11H17N5. The summed E-state index contributed by atoms with van der Waals surface area (Å²) in [6.07, 6.45) is 3.55. The number of hydrogen-bond donors (Lipinski definition) is 2. The Bertz CT molecular complexity index is 422. The zero-order valence-corrected chi connectivity index (χ0v) is 9.70. The van der Waals surface area contributed by atoms with E-state index in [4.69, 9.17) is 11.0 Å². The van der Waals surface area contributed by atoms with E-state index in [1.54, 1.807) is 4.68 Å². The van der Waals surface area contributed by atoms with Crippen molar-refractivity contribution in [3.63, 3.8) is 0 Å². The fourth-order valence-electron chi connectivity index (χ4n) is 1.80. The maximum absolute atomic E-state index is 9.07. The first-order chi connectivity index (χ1) is 7.63. The number of nitriles is 1. The third-order valence-electron chi connectivity index (χ3n) is 2.99. The molecule has 1 aromatic heterocycles. The van der Waals surface area contributed by atoms with Gasteiger partial charge in [-0.3, -0.25) is 0 Å². The molecule has 0 bridgehead atoms. The predicted octanol–water partition coefficient (Wildman–Crippen LogP) is 1.88. The van der Waals surface area contributed by atoms with E-state index in [2.05, 4.69) is 16.5 Å². The van der Waals surface area contributed by atoms with E-state index in [-0.39, 0.29) is 6.04 Å². The van der Waals surface area contributed by atoms with E-state index < -0.39 is 0 Å². The largest absolute Gasteiger partial charge is 0.383 e. The van der Waals surface area contributed by atoms with Gasteiger partial charge < -0.3 is 11.1 Å². The molecule has 16 heavy (non-hydrogen) atoms. The molecule has 1 fully saturated rings. The molecule has 1 saturated carbocycles. The van der Waals surface area contributed by atoms with Crippen LogP contribution in [0.4, 0.5) is 11.6 Å². The zero-order chi connectivity index (χ0) is 11.7. The molecule has 0 aliphatic heterocycles. The van der Waals surface area contributed by atoms with Crippen LogP contribution in [0.3, 0.4) is 0 Å². The first-order valence-electron chi connectivity index (χ1n) is 5.68. The number of nitrogens with zero attached hydrogens (tertiary/aromatic N) is 3. The number of anilines is 2. The van der Waals surface area contributed by atoms with Crippen molar-refractivity contribution in [1.82, 2.24) is 9.78 Å². The molecule has 1 aliphatic rings. The van der Waals surface area contributed by atoms with Gasteiger partial charge in [-0.15, -0.1) is 0 Å². The van der Waals surface area contributed by atoms with Crippen LogP contribution in [0, 0.1) is 11.3 Å². The van der Waals surface area contributed by atoms with E-state index >= 15 is 0 Å². The minimum atomic E-state index is 0.170. The lowest BCUT2D eigenvalue weighted by atomic mass is 9.93. The van der Waals surface area contributed by atoms with Crippen LogP contribution in [0.15, 0.2) is 0 Å². The van der Waals surface area contributed by atoms with Crippen LogP contribution in [0.5, 0.6) is 0 Å². The molecule has 0 spiro atoms. The predicted molar refractivity (Wildman–Crippen MR) is 63.0 cm³/mol. The van der Waals surface area contributed by atoms with Gasteiger partial charge in [0.2, 0.25) is 0 Å². The normalized spacial score (nSPS) is 15.9. The Hall–Kier alpha value is -1.70. The monoisotopic (exact) mass is 219 g/mol. The topological polar surface area (TPSA) is 79.7 Å².